The smallest absolute Gasteiger partial charge is 0.338 e. The number of anilines is 1. The number of alkyl halides is 1. The van der Waals surface area contributed by atoms with E-state index in [1.807, 2.05) is 175 Å². The molecule has 83 heavy (non-hydrogen) atoms. The zero-order chi connectivity index (χ0) is 60.4. The molecule has 0 aliphatic rings. The standard InChI is InChI=1S/C25H22Br2N2O.C19H21BrO.C12H15BrO.C7H4BrNO.C6H6BrN/c1-3-5-23-24(18-7-4-6-17(2)16-18)29(22-14-10-20(27)11-15-22)25(30)28(23)21-12-8-19(26)9-13-21;1-3-5-16(13-15-8-10-18(20)11-9-15)19(21)17-7-4-6-14(2)12-17;1-3-5-11(13)12(14)10-7-4-6-9(2)8-10;8-6-1-3-7(4-2-6)9-5-10;7-5-1-3-6(8)4-2-5/h4,6-16H,3,5H2,1-2H3;4,6-12,16H,3,5,13H2,1-2H3;4,6-8,11H,3,5H2,1-2H3;1-4H;1-4H,8H2. The Kier molecular flexibility index (Phi) is 29.0. The predicted molar refractivity (Wildman–Crippen MR) is 366 cm³/mol. The fraction of sp³-hybridized carbons (Fsp3) is 0.217. The minimum Gasteiger partial charge on any atom is -0.399 e. The minimum absolute atomic E-state index is 0.0331. The maximum absolute atomic E-state index is 13.8. The molecule has 8 aromatic carbocycles. The summed E-state index contributed by atoms with van der Waals surface area (Å²) in [5, 5.41) is 0. The molecule has 1 aromatic heterocycles. The molecule has 0 amide bonds. The van der Waals surface area contributed by atoms with E-state index in [0.29, 0.717) is 5.69 Å². The van der Waals surface area contributed by atoms with E-state index < -0.39 is 0 Å². The van der Waals surface area contributed by atoms with Crippen LogP contribution < -0.4 is 11.4 Å². The highest BCUT2D eigenvalue weighted by Crippen LogP contribution is 2.31. The molecule has 9 rings (SSSR count). The second kappa shape index (κ2) is 35.5. The molecule has 0 saturated heterocycles. The summed E-state index contributed by atoms with van der Waals surface area (Å²) in [6.07, 6.45) is 7.90. The molecule has 0 saturated carbocycles. The highest BCUT2D eigenvalue weighted by Gasteiger charge is 2.24. The Morgan fingerprint density at radius 2 is 0.964 bits per heavy atom. The number of rotatable bonds is 16. The summed E-state index contributed by atoms with van der Waals surface area (Å²) in [7, 11) is 0. The molecule has 0 aliphatic carbocycles. The highest BCUT2D eigenvalue weighted by molar-refractivity contribution is 9.11. The van der Waals surface area contributed by atoms with Gasteiger partial charge in [-0.25, -0.2) is 9.59 Å². The summed E-state index contributed by atoms with van der Waals surface area (Å²) in [5.41, 5.74) is 17.8. The Bertz CT molecular complexity index is 3570. The van der Waals surface area contributed by atoms with E-state index in [4.69, 9.17) is 5.73 Å². The maximum atomic E-state index is 13.8. The van der Waals surface area contributed by atoms with Crippen LogP contribution >= 0.6 is 95.6 Å². The molecule has 0 aliphatic heterocycles. The number of hydrogen-bond acceptors (Lipinski definition) is 6. The number of carbonyl (C=O) groups is 2. The fourth-order valence-electron chi connectivity index (χ4n) is 8.80. The number of imidazole rings is 1. The van der Waals surface area contributed by atoms with Crippen molar-refractivity contribution in [3.63, 3.8) is 0 Å². The van der Waals surface area contributed by atoms with Gasteiger partial charge in [0.2, 0.25) is 6.08 Å². The van der Waals surface area contributed by atoms with Gasteiger partial charge in [-0.05, 0) is 179 Å². The van der Waals surface area contributed by atoms with E-state index in [1.54, 1.807) is 12.1 Å². The number of aryl methyl sites for hydroxylation is 3. The summed E-state index contributed by atoms with van der Waals surface area (Å²) in [4.78, 5) is 51.6. The third kappa shape index (κ3) is 21.9. The second-order valence-corrected chi connectivity index (χ2v) is 25.3. The number of isocyanates is 1. The molecule has 0 radical (unpaired) electrons. The van der Waals surface area contributed by atoms with Crippen LogP contribution in [0.5, 0.6) is 0 Å². The topological polar surface area (TPSA) is 117 Å². The van der Waals surface area contributed by atoms with E-state index in [1.165, 1.54) is 17.2 Å². The monoisotopic (exact) mass is 1490 g/mol. The minimum atomic E-state index is -0.0559. The average Bonchev–Trinajstić information content (AvgIpc) is 3.79. The highest BCUT2D eigenvalue weighted by atomic mass is 79.9. The van der Waals surface area contributed by atoms with Gasteiger partial charge in [-0.1, -0.05) is 219 Å². The number of Topliss-reactive ketones (excluding diaryl/α,β-unsaturated/α-hetero) is 2. The lowest BCUT2D eigenvalue weighted by molar-refractivity contribution is 0.0911. The van der Waals surface area contributed by atoms with Gasteiger partial charge in [0.15, 0.2) is 11.6 Å². The lowest BCUT2D eigenvalue weighted by Gasteiger charge is -2.15. The van der Waals surface area contributed by atoms with Crippen LogP contribution in [0.2, 0.25) is 0 Å². The van der Waals surface area contributed by atoms with Gasteiger partial charge in [-0.2, -0.15) is 4.99 Å². The SMILES string of the molecule is CCCC(Br)C(=O)c1cccc(C)c1.CCCC(Cc1ccc(Br)cc1)C(=O)c1cccc(C)c1.CCCc1c(-c2cccc(C)c2)n(-c2ccc(Br)cc2)c(=O)n1-c1ccc(Br)cc1.Nc1ccc(Br)cc1.O=C=Nc1ccc(Br)cc1. The first-order valence-corrected chi connectivity index (χ1v) is 32.1. The van der Waals surface area contributed by atoms with E-state index in [2.05, 4.69) is 159 Å². The number of aliphatic imine (C=N–C) groups is 1. The summed E-state index contributed by atoms with van der Waals surface area (Å²) in [6, 6.07) is 62.7. The quantitative estimate of drug-likeness (QED) is 0.0340. The first-order chi connectivity index (χ1) is 39.8. The van der Waals surface area contributed by atoms with Crippen molar-refractivity contribution in [2.75, 3.05) is 5.73 Å². The van der Waals surface area contributed by atoms with Crippen LogP contribution in [-0.4, -0.2) is 31.6 Å². The number of ketones is 2. The van der Waals surface area contributed by atoms with Gasteiger partial charge in [0.1, 0.15) is 0 Å². The van der Waals surface area contributed by atoms with Crippen molar-refractivity contribution >= 4 is 125 Å². The molecule has 430 valence electrons. The molecular formula is C69H68Br6N4O4. The van der Waals surface area contributed by atoms with E-state index >= 15 is 0 Å². The van der Waals surface area contributed by atoms with E-state index in [0.717, 1.165) is 124 Å². The van der Waals surface area contributed by atoms with Gasteiger partial charge in [-0.3, -0.25) is 18.7 Å². The van der Waals surface area contributed by atoms with Crippen LogP contribution in [-0.2, 0) is 17.6 Å². The van der Waals surface area contributed by atoms with Crippen LogP contribution in [0, 0.1) is 26.7 Å². The average molecular weight is 1500 g/mol. The number of nitrogens with two attached hydrogens (primary N) is 1. The van der Waals surface area contributed by atoms with Crippen LogP contribution in [0.15, 0.2) is 226 Å². The second-order valence-electron chi connectivity index (χ2n) is 19.6. The van der Waals surface area contributed by atoms with Gasteiger partial charge in [0.25, 0.3) is 0 Å². The van der Waals surface area contributed by atoms with Gasteiger partial charge in [-0.15, -0.1) is 0 Å². The number of carbonyl (C=O) groups excluding carboxylic acids is 3. The van der Waals surface area contributed by atoms with Crippen molar-refractivity contribution in [2.45, 2.75) is 91.3 Å². The third-order valence-electron chi connectivity index (χ3n) is 12.8. The van der Waals surface area contributed by atoms with Crippen molar-refractivity contribution in [3.8, 4) is 22.6 Å². The number of benzene rings is 8. The van der Waals surface area contributed by atoms with Gasteiger partial charge < -0.3 is 5.73 Å². The van der Waals surface area contributed by atoms with E-state index in [9.17, 15) is 19.2 Å². The van der Waals surface area contributed by atoms with E-state index in [-0.39, 0.29) is 28.0 Å². The molecule has 1 heterocycles. The molecule has 2 unspecified atom stereocenters. The molecule has 9 aromatic rings. The number of nitrogens with zero attached hydrogens (tertiary/aromatic N) is 3. The molecule has 2 atom stereocenters. The third-order valence-corrected chi connectivity index (χ3v) is 16.3. The maximum Gasteiger partial charge on any atom is 0.338 e. The lowest BCUT2D eigenvalue weighted by Crippen LogP contribution is -2.23. The lowest BCUT2D eigenvalue weighted by atomic mass is 9.87. The van der Waals surface area contributed by atoms with Gasteiger partial charge >= 0.3 is 5.69 Å². The number of hydrogen-bond donors (Lipinski definition) is 1. The summed E-state index contributed by atoms with van der Waals surface area (Å²) < 4.78 is 8.77. The van der Waals surface area contributed by atoms with Crippen molar-refractivity contribution in [1.82, 2.24) is 9.13 Å². The molecule has 0 spiro atoms. The van der Waals surface area contributed by atoms with Crippen molar-refractivity contribution < 1.29 is 14.4 Å². The molecule has 0 bridgehead atoms. The number of halogens is 6. The Labute approximate surface area is 539 Å². The fourth-order valence-corrected chi connectivity index (χ4v) is 10.8. The molecule has 2 N–H and O–H groups in total. The summed E-state index contributed by atoms with van der Waals surface area (Å²) >= 11 is 20.4. The molecule has 0 fully saturated rings. The molecule has 8 nitrogen and oxygen atoms in total. The zero-order valence-corrected chi connectivity index (χ0v) is 56.9. The molecule has 14 heteroatoms. The van der Waals surface area contributed by atoms with Crippen LogP contribution in [0.4, 0.5) is 11.4 Å². The van der Waals surface area contributed by atoms with Gasteiger partial charge in [0, 0.05) is 50.7 Å². The Morgan fingerprint density at radius 3 is 1.41 bits per heavy atom. The Balaban J connectivity index is 0.000000206. The Morgan fingerprint density at radius 1 is 0.530 bits per heavy atom. The van der Waals surface area contributed by atoms with Gasteiger partial charge in [0.05, 0.1) is 33.3 Å². The van der Waals surface area contributed by atoms with Crippen LogP contribution in [0.1, 0.15) is 102 Å². The number of nitrogen functional groups attached to an aromatic ring is 1. The Hall–Kier alpha value is -5.83. The first-order valence-electron chi connectivity index (χ1n) is 27.3. The zero-order valence-electron chi connectivity index (χ0n) is 47.4. The largest absolute Gasteiger partial charge is 0.399 e. The first kappa shape index (κ1) is 68.0. The molecular weight excluding hydrogens is 1430 g/mol. The van der Waals surface area contributed by atoms with Crippen molar-refractivity contribution in [3.05, 3.63) is 266 Å². The number of aromatic nitrogens is 2. The summed E-state index contributed by atoms with van der Waals surface area (Å²) in [5.74, 6) is 0.525. The van der Waals surface area contributed by atoms with Crippen LogP contribution in [0.25, 0.3) is 22.6 Å². The predicted octanol–water partition coefficient (Wildman–Crippen LogP) is 20.9. The van der Waals surface area contributed by atoms with Crippen molar-refractivity contribution in [1.29, 1.82) is 0 Å². The van der Waals surface area contributed by atoms with Crippen molar-refractivity contribution in [2.24, 2.45) is 10.9 Å². The van der Waals surface area contributed by atoms with Crippen LogP contribution in [0.3, 0.4) is 0 Å². The normalized spacial score (nSPS) is 11.1. The summed E-state index contributed by atoms with van der Waals surface area (Å²) in [6.45, 7) is 12.5.